The molecule has 0 amide bonds. The molecule has 0 saturated carbocycles. The Labute approximate surface area is 190 Å². The first kappa shape index (κ1) is 20.5. The quantitative estimate of drug-likeness (QED) is 0.492. The van der Waals surface area contributed by atoms with Crippen molar-refractivity contribution in [1.29, 1.82) is 0 Å². The van der Waals surface area contributed by atoms with Gasteiger partial charge in [-0.05, 0) is 92.1 Å². The molecule has 0 spiro atoms. The first-order chi connectivity index (χ1) is 15.2. The molecular formula is C30H28O2. The Bertz CT molecular complexity index is 1380. The van der Waals surface area contributed by atoms with Crippen LogP contribution in [0.5, 0.6) is 0 Å². The predicted molar refractivity (Wildman–Crippen MR) is 132 cm³/mol. The summed E-state index contributed by atoms with van der Waals surface area (Å²) in [4.78, 5) is 13.5. The van der Waals surface area contributed by atoms with Crippen molar-refractivity contribution in [3.05, 3.63) is 110 Å². The van der Waals surface area contributed by atoms with Gasteiger partial charge in [-0.3, -0.25) is 4.79 Å². The van der Waals surface area contributed by atoms with Gasteiger partial charge in [-0.1, -0.05) is 59.2 Å². The van der Waals surface area contributed by atoms with E-state index in [9.17, 15) is 9.90 Å². The maximum Gasteiger partial charge on any atom is 0.201 e. The number of carbonyl (C=O) groups is 1. The van der Waals surface area contributed by atoms with E-state index in [2.05, 4.69) is 84.0 Å². The number of fused-ring (bicyclic) bond motifs is 2. The molecule has 2 heteroatoms. The molecule has 1 unspecified atom stereocenters. The van der Waals surface area contributed by atoms with Gasteiger partial charge in [0.05, 0.1) is 11.1 Å². The van der Waals surface area contributed by atoms with Gasteiger partial charge in [-0.25, -0.2) is 0 Å². The second-order valence-corrected chi connectivity index (χ2v) is 9.48. The topological polar surface area (TPSA) is 37.3 Å². The Hall–Kier alpha value is -3.39. The molecule has 5 aliphatic rings. The molecule has 1 N–H and O–H groups in total. The number of allylic oxidation sites excluding steroid dienone is 11. The average molecular weight is 421 g/mol. The van der Waals surface area contributed by atoms with Gasteiger partial charge in [0.25, 0.3) is 0 Å². The number of aliphatic hydroxyl groups excluding tert-OH is 1. The molecule has 0 aliphatic heterocycles. The number of ketones is 1. The van der Waals surface area contributed by atoms with Crippen LogP contribution in [0.2, 0.25) is 0 Å². The summed E-state index contributed by atoms with van der Waals surface area (Å²) in [7, 11) is 0. The van der Waals surface area contributed by atoms with Gasteiger partial charge in [-0.2, -0.15) is 0 Å². The van der Waals surface area contributed by atoms with Crippen LogP contribution in [0.25, 0.3) is 16.7 Å². The predicted octanol–water partition coefficient (Wildman–Crippen LogP) is 7.27. The maximum atomic E-state index is 13.5. The van der Waals surface area contributed by atoms with Crippen molar-refractivity contribution >= 4 is 11.4 Å². The zero-order valence-corrected chi connectivity index (χ0v) is 19.6. The molecule has 0 bridgehead atoms. The Morgan fingerprint density at radius 3 is 2.31 bits per heavy atom. The zero-order chi connectivity index (χ0) is 22.9. The summed E-state index contributed by atoms with van der Waals surface area (Å²) < 4.78 is 0. The van der Waals surface area contributed by atoms with E-state index in [1.165, 1.54) is 16.7 Å². The molecule has 0 aromatic carbocycles. The van der Waals surface area contributed by atoms with Gasteiger partial charge in [0, 0.05) is 5.92 Å². The number of carbonyl (C=O) groups excluding carboxylic acids is 1. The van der Waals surface area contributed by atoms with E-state index in [1.54, 1.807) is 0 Å². The van der Waals surface area contributed by atoms with Crippen molar-refractivity contribution in [2.45, 2.75) is 41.5 Å². The van der Waals surface area contributed by atoms with Gasteiger partial charge in [0.1, 0.15) is 5.76 Å². The second-order valence-electron chi connectivity index (χ2n) is 9.48. The molecule has 0 radical (unpaired) electrons. The SMILES string of the molecule is CC1=CC2C(C)=C/C(=C3/C(=O)C(c4cc(C)c5cc(C)ccc(C)c4-5)=C3O)C2=C(C)C=C1. The molecule has 0 heterocycles. The Morgan fingerprint density at radius 1 is 0.844 bits per heavy atom. The van der Waals surface area contributed by atoms with Crippen LogP contribution in [0.4, 0.5) is 0 Å². The molecule has 0 aromatic rings. The lowest BCUT2D eigenvalue weighted by atomic mass is 9.78. The fraction of sp³-hybridized carbons (Fsp3) is 0.233. The Kier molecular flexibility index (Phi) is 4.53. The lowest BCUT2D eigenvalue weighted by Gasteiger charge is -2.25. The normalized spacial score (nSPS) is 22.8. The summed E-state index contributed by atoms with van der Waals surface area (Å²) in [5, 5.41) is 11.2. The zero-order valence-electron chi connectivity index (χ0n) is 19.6. The summed E-state index contributed by atoms with van der Waals surface area (Å²) >= 11 is 0. The lowest BCUT2D eigenvalue weighted by Crippen LogP contribution is -2.23. The lowest BCUT2D eigenvalue weighted by molar-refractivity contribution is -0.111. The van der Waals surface area contributed by atoms with E-state index in [4.69, 9.17) is 0 Å². The molecule has 160 valence electrons. The highest BCUT2D eigenvalue weighted by Crippen LogP contribution is 2.50. The summed E-state index contributed by atoms with van der Waals surface area (Å²) in [6, 6.07) is 8.40. The minimum atomic E-state index is -0.0639. The summed E-state index contributed by atoms with van der Waals surface area (Å²) in [6.07, 6.45) is 8.55. The molecule has 2 nitrogen and oxygen atoms in total. The highest BCUT2D eigenvalue weighted by molar-refractivity contribution is 6.40. The van der Waals surface area contributed by atoms with Crippen LogP contribution in [0, 0.1) is 26.7 Å². The average Bonchev–Trinajstić information content (AvgIpc) is 3.07. The van der Waals surface area contributed by atoms with Crippen molar-refractivity contribution in [3.63, 3.8) is 0 Å². The van der Waals surface area contributed by atoms with Crippen LogP contribution in [0.15, 0.2) is 87.8 Å². The third-order valence-electron chi connectivity index (χ3n) is 7.07. The van der Waals surface area contributed by atoms with E-state index < -0.39 is 0 Å². The molecule has 0 aromatic heterocycles. The largest absolute Gasteiger partial charge is 0.506 e. The molecule has 5 aliphatic carbocycles. The van der Waals surface area contributed by atoms with Crippen LogP contribution in [-0.4, -0.2) is 10.9 Å². The van der Waals surface area contributed by atoms with Gasteiger partial charge in [-0.15, -0.1) is 0 Å². The monoisotopic (exact) mass is 420 g/mol. The summed E-state index contributed by atoms with van der Waals surface area (Å²) in [5.74, 6) is 0.216. The third kappa shape index (κ3) is 2.82. The van der Waals surface area contributed by atoms with Crippen molar-refractivity contribution < 1.29 is 9.90 Å². The van der Waals surface area contributed by atoms with Crippen LogP contribution in [0.1, 0.15) is 43.0 Å². The molecule has 0 fully saturated rings. The number of rotatable bonds is 1. The molecule has 0 saturated heterocycles. The molecular weight excluding hydrogens is 392 g/mol. The van der Waals surface area contributed by atoms with Gasteiger partial charge >= 0.3 is 0 Å². The van der Waals surface area contributed by atoms with Gasteiger partial charge < -0.3 is 5.11 Å². The number of hydrogen-bond acceptors (Lipinski definition) is 2. The van der Waals surface area contributed by atoms with Crippen molar-refractivity contribution in [1.82, 2.24) is 0 Å². The molecule has 1 atom stereocenters. The van der Waals surface area contributed by atoms with Crippen molar-refractivity contribution in [2.75, 3.05) is 0 Å². The smallest absolute Gasteiger partial charge is 0.201 e. The number of aryl methyl sites for hydroxylation is 3. The Morgan fingerprint density at radius 2 is 1.59 bits per heavy atom. The summed E-state index contributed by atoms with van der Waals surface area (Å²) in [6.45, 7) is 12.5. The Balaban J connectivity index is 1.72. The molecule has 32 heavy (non-hydrogen) atoms. The van der Waals surface area contributed by atoms with Gasteiger partial charge in [0.15, 0.2) is 0 Å². The number of aliphatic hydroxyl groups is 1. The minimum Gasteiger partial charge on any atom is -0.506 e. The van der Waals surface area contributed by atoms with E-state index in [-0.39, 0.29) is 17.5 Å². The standard InChI is InChI=1S/C30H28O2/c1-15-7-9-17(3)25-21(11-15)19(5)13-23(25)27-29(31)28(30(27)32)24-14-20(6)22-12-16(2)8-10-18(4)26(22)24/h7-14,21,31H,1-6H3/b27-23-. The minimum absolute atomic E-state index is 0.0639. The van der Waals surface area contributed by atoms with Crippen LogP contribution < -0.4 is 0 Å². The fourth-order valence-corrected chi connectivity index (χ4v) is 5.37. The highest BCUT2D eigenvalue weighted by Gasteiger charge is 2.42. The number of Topliss-reactive ketones (excluding diaryl/α,β-unsaturated/α-hetero) is 1. The first-order valence-corrected chi connectivity index (χ1v) is 11.2. The third-order valence-corrected chi connectivity index (χ3v) is 7.07. The molecule has 5 rings (SSSR count). The summed E-state index contributed by atoms with van der Waals surface area (Å²) in [5.41, 5.74) is 12.9. The highest BCUT2D eigenvalue weighted by atomic mass is 16.3. The van der Waals surface area contributed by atoms with Gasteiger partial charge in [0.2, 0.25) is 5.78 Å². The van der Waals surface area contributed by atoms with Crippen LogP contribution in [-0.2, 0) is 4.79 Å². The van der Waals surface area contributed by atoms with E-state index in [1.807, 2.05) is 6.07 Å². The maximum absolute atomic E-state index is 13.5. The fourth-order valence-electron chi connectivity index (χ4n) is 5.37. The van der Waals surface area contributed by atoms with Crippen molar-refractivity contribution in [2.24, 2.45) is 5.92 Å². The first-order valence-electron chi connectivity index (χ1n) is 11.2. The second kappa shape index (κ2) is 7.06. The van der Waals surface area contributed by atoms with Crippen molar-refractivity contribution in [3.8, 4) is 11.1 Å². The van der Waals surface area contributed by atoms with Crippen LogP contribution >= 0.6 is 0 Å². The number of hydrogen-bond donors (Lipinski definition) is 1. The van der Waals surface area contributed by atoms with E-state index in [0.717, 1.165) is 44.5 Å². The van der Waals surface area contributed by atoms with Crippen LogP contribution in [0.3, 0.4) is 0 Å². The van der Waals surface area contributed by atoms with E-state index in [0.29, 0.717) is 11.1 Å². The van der Waals surface area contributed by atoms with E-state index >= 15 is 0 Å².